The van der Waals surface area contributed by atoms with Gasteiger partial charge in [0.2, 0.25) is 5.91 Å². The molecule has 6 heteroatoms. The number of carboxylic acids is 1. The lowest BCUT2D eigenvalue weighted by atomic mass is 9.95. The van der Waals surface area contributed by atoms with E-state index < -0.39 is 17.8 Å². The highest BCUT2D eigenvalue weighted by molar-refractivity contribution is 9.10. The molecule has 0 unspecified atom stereocenters. The Hall–Kier alpha value is -1.69. The number of ketones is 1. The Kier molecular flexibility index (Phi) is 5.12. The van der Waals surface area contributed by atoms with E-state index in [4.69, 9.17) is 5.11 Å². The number of benzene rings is 1. The summed E-state index contributed by atoms with van der Waals surface area (Å²) in [6, 6.07) is 6.86. The van der Waals surface area contributed by atoms with E-state index in [1.54, 1.807) is 24.3 Å². The second kappa shape index (κ2) is 6.85. The fraction of sp³-hybridized carbons (Fsp3) is 0.400. The maximum Gasteiger partial charge on any atom is 0.307 e. The van der Waals surface area contributed by atoms with Crippen molar-refractivity contribution < 1.29 is 19.5 Å². The van der Waals surface area contributed by atoms with Crippen LogP contribution in [-0.4, -0.2) is 29.3 Å². The molecule has 0 spiro atoms. The first-order valence-corrected chi connectivity index (χ1v) is 7.57. The summed E-state index contributed by atoms with van der Waals surface area (Å²) in [6.45, 7) is -0.108. The Morgan fingerprint density at radius 3 is 2.38 bits per heavy atom. The number of nitrogens with one attached hydrogen (secondary N) is 1. The first-order valence-electron chi connectivity index (χ1n) is 6.78. The van der Waals surface area contributed by atoms with Gasteiger partial charge < -0.3 is 10.4 Å². The van der Waals surface area contributed by atoms with Crippen LogP contribution in [0.5, 0.6) is 0 Å². The van der Waals surface area contributed by atoms with Crippen molar-refractivity contribution in [3.8, 4) is 0 Å². The number of hydrogen-bond acceptors (Lipinski definition) is 3. The van der Waals surface area contributed by atoms with Crippen LogP contribution in [0.4, 0.5) is 0 Å². The third-order valence-electron chi connectivity index (χ3n) is 3.76. The summed E-state index contributed by atoms with van der Waals surface area (Å²) in [6.07, 6.45) is 1.82. The van der Waals surface area contributed by atoms with Gasteiger partial charge in [-0.2, -0.15) is 0 Å². The highest BCUT2D eigenvalue weighted by Crippen LogP contribution is 2.31. The predicted molar refractivity (Wildman–Crippen MR) is 79.9 cm³/mol. The molecule has 1 aliphatic rings. The van der Waals surface area contributed by atoms with Crippen LogP contribution >= 0.6 is 15.9 Å². The number of carboxylic acid groups (broad SMARTS) is 1. The fourth-order valence-electron chi connectivity index (χ4n) is 2.61. The van der Waals surface area contributed by atoms with Crippen LogP contribution in [0.15, 0.2) is 28.7 Å². The van der Waals surface area contributed by atoms with E-state index in [0.29, 0.717) is 18.4 Å². The molecule has 1 aromatic rings. The summed E-state index contributed by atoms with van der Waals surface area (Å²) in [5.74, 6) is -2.63. The molecule has 1 saturated carbocycles. The lowest BCUT2D eigenvalue weighted by Gasteiger charge is -2.15. The monoisotopic (exact) mass is 353 g/mol. The van der Waals surface area contributed by atoms with Crippen LogP contribution in [0.3, 0.4) is 0 Å². The smallest absolute Gasteiger partial charge is 0.307 e. The Labute approximate surface area is 130 Å². The number of halogens is 1. The van der Waals surface area contributed by atoms with Gasteiger partial charge in [-0.15, -0.1) is 0 Å². The van der Waals surface area contributed by atoms with Crippen molar-refractivity contribution >= 4 is 33.6 Å². The van der Waals surface area contributed by atoms with Crippen LogP contribution in [0.1, 0.15) is 29.6 Å². The molecule has 1 amide bonds. The summed E-state index contributed by atoms with van der Waals surface area (Å²) in [5.41, 5.74) is 0.514. The molecule has 1 aliphatic carbocycles. The Balaban J connectivity index is 1.90. The van der Waals surface area contributed by atoms with Gasteiger partial charge in [0.15, 0.2) is 5.78 Å². The molecule has 1 aromatic carbocycles. The summed E-state index contributed by atoms with van der Waals surface area (Å²) in [4.78, 5) is 35.0. The van der Waals surface area contributed by atoms with Crippen molar-refractivity contribution in [3.05, 3.63) is 34.3 Å². The minimum Gasteiger partial charge on any atom is -0.481 e. The molecule has 2 atom stereocenters. The van der Waals surface area contributed by atoms with E-state index in [1.807, 2.05) is 0 Å². The number of amides is 1. The van der Waals surface area contributed by atoms with Crippen molar-refractivity contribution in [1.29, 1.82) is 0 Å². The van der Waals surface area contributed by atoms with Gasteiger partial charge in [0.25, 0.3) is 0 Å². The summed E-state index contributed by atoms with van der Waals surface area (Å²) in [5, 5.41) is 11.6. The minimum absolute atomic E-state index is 0.108. The zero-order chi connectivity index (χ0) is 15.4. The summed E-state index contributed by atoms with van der Waals surface area (Å²) >= 11 is 3.28. The van der Waals surface area contributed by atoms with Gasteiger partial charge in [0.05, 0.1) is 18.4 Å². The number of Topliss-reactive ketones (excluding diaryl/α,β-unsaturated/α-hetero) is 1. The molecule has 1 fully saturated rings. The SMILES string of the molecule is O=C(CNC(=O)[C@H]1CCC[C@H]1C(=O)O)c1ccc(Br)cc1. The van der Waals surface area contributed by atoms with E-state index in [-0.39, 0.29) is 18.2 Å². The molecule has 0 aromatic heterocycles. The minimum atomic E-state index is -0.938. The van der Waals surface area contributed by atoms with Gasteiger partial charge in [0, 0.05) is 10.0 Å². The Morgan fingerprint density at radius 1 is 1.14 bits per heavy atom. The number of hydrogen-bond donors (Lipinski definition) is 2. The van der Waals surface area contributed by atoms with E-state index in [9.17, 15) is 14.4 Å². The molecule has 0 radical (unpaired) electrons. The quantitative estimate of drug-likeness (QED) is 0.795. The van der Waals surface area contributed by atoms with Crippen LogP contribution in [-0.2, 0) is 9.59 Å². The summed E-state index contributed by atoms with van der Waals surface area (Å²) < 4.78 is 0.873. The number of carbonyl (C=O) groups is 3. The second-order valence-electron chi connectivity index (χ2n) is 5.13. The average Bonchev–Trinajstić information content (AvgIpc) is 2.95. The highest BCUT2D eigenvalue weighted by atomic mass is 79.9. The van der Waals surface area contributed by atoms with Crippen LogP contribution in [0.25, 0.3) is 0 Å². The number of rotatable bonds is 5. The highest BCUT2D eigenvalue weighted by Gasteiger charge is 2.37. The summed E-state index contributed by atoms with van der Waals surface area (Å²) in [7, 11) is 0. The van der Waals surface area contributed by atoms with E-state index in [1.165, 1.54) is 0 Å². The van der Waals surface area contributed by atoms with Crippen molar-refractivity contribution in [1.82, 2.24) is 5.32 Å². The Morgan fingerprint density at radius 2 is 1.76 bits per heavy atom. The van der Waals surface area contributed by atoms with E-state index in [0.717, 1.165) is 10.9 Å². The van der Waals surface area contributed by atoms with E-state index >= 15 is 0 Å². The van der Waals surface area contributed by atoms with E-state index in [2.05, 4.69) is 21.2 Å². The third-order valence-corrected chi connectivity index (χ3v) is 4.29. The topological polar surface area (TPSA) is 83.5 Å². The Bertz CT molecular complexity index is 555. The average molecular weight is 354 g/mol. The zero-order valence-corrected chi connectivity index (χ0v) is 12.9. The van der Waals surface area contributed by atoms with Gasteiger partial charge >= 0.3 is 5.97 Å². The maximum absolute atomic E-state index is 12.0. The standard InChI is InChI=1S/C15H16BrNO4/c16-10-6-4-9(5-7-10)13(18)8-17-14(19)11-2-1-3-12(11)15(20)21/h4-7,11-12H,1-3,8H2,(H,17,19)(H,20,21)/t11-,12+/m0/s1. The predicted octanol–water partition coefficient (Wildman–Crippen LogP) is 2.25. The molecule has 0 heterocycles. The lowest BCUT2D eigenvalue weighted by molar-refractivity contribution is -0.146. The molecule has 2 rings (SSSR count). The number of aliphatic carboxylic acids is 1. The van der Waals surface area contributed by atoms with Gasteiger partial charge in [-0.05, 0) is 25.0 Å². The van der Waals surface area contributed by atoms with Crippen molar-refractivity contribution in [2.24, 2.45) is 11.8 Å². The first kappa shape index (κ1) is 15.7. The van der Waals surface area contributed by atoms with Gasteiger partial charge in [-0.3, -0.25) is 14.4 Å². The van der Waals surface area contributed by atoms with Crippen molar-refractivity contribution in [2.45, 2.75) is 19.3 Å². The molecular formula is C15H16BrNO4. The lowest BCUT2D eigenvalue weighted by Crippen LogP contribution is -2.37. The normalized spacial score (nSPS) is 21.0. The van der Waals surface area contributed by atoms with Crippen LogP contribution < -0.4 is 5.32 Å². The zero-order valence-electron chi connectivity index (χ0n) is 11.3. The van der Waals surface area contributed by atoms with Crippen molar-refractivity contribution in [3.63, 3.8) is 0 Å². The molecule has 0 aliphatic heterocycles. The third kappa shape index (κ3) is 3.91. The molecule has 2 N–H and O–H groups in total. The fourth-order valence-corrected chi connectivity index (χ4v) is 2.87. The van der Waals surface area contributed by atoms with Gasteiger partial charge in [-0.1, -0.05) is 34.5 Å². The molecular weight excluding hydrogens is 338 g/mol. The first-order chi connectivity index (χ1) is 9.99. The second-order valence-corrected chi connectivity index (χ2v) is 6.05. The molecule has 0 bridgehead atoms. The molecule has 112 valence electrons. The van der Waals surface area contributed by atoms with Crippen molar-refractivity contribution in [2.75, 3.05) is 6.54 Å². The largest absolute Gasteiger partial charge is 0.481 e. The maximum atomic E-state index is 12.0. The van der Waals surface area contributed by atoms with Gasteiger partial charge in [0.1, 0.15) is 0 Å². The molecule has 21 heavy (non-hydrogen) atoms. The van der Waals surface area contributed by atoms with Crippen LogP contribution in [0, 0.1) is 11.8 Å². The van der Waals surface area contributed by atoms with Crippen LogP contribution in [0.2, 0.25) is 0 Å². The molecule has 5 nitrogen and oxygen atoms in total. The number of carbonyl (C=O) groups excluding carboxylic acids is 2. The molecule has 0 saturated heterocycles. The van der Waals surface area contributed by atoms with Gasteiger partial charge in [-0.25, -0.2) is 0 Å².